The third-order valence-corrected chi connectivity index (χ3v) is 1.53. The molecule has 1 atom stereocenters. The van der Waals surface area contributed by atoms with Gasteiger partial charge in [0.05, 0.1) is 6.61 Å². The van der Waals surface area contributed by atoms with Gasteiger partial charge < -0.3 is 10.2 Å². The number of hydrogen-bond acceptors (Lipinski definition) is 5. The Bertz CT molecular complexity index is 165. The number of hydrogen-bond donors (Lipinski definition) is 2. The maximum atomic E-state index is 8.86. The number of aliphatic hydroxyl groups is 2. The van der Waals surface area contributed by atoms with Crippen LogP contribution in [-0.4, -0.2) is 27.0 Å². The highest BCUT2D eigenvalue weighted by atomic mass is 32.1. The lowest BCUT2D eigenvalue weighted by Crippen LogP contribution is -2.01. The van der Waals surface area contributed by atoms with Crippen molar-refractivity contribution in [2.75, 3.05) is 6.61 Å². The SMILES string of the molecule is OCC(O)c1nn[c]s1. The fourth-order valence-electron chi connectivity index (χ4n) is 0.370. The Kier molecular flexibility index (Phi) is 2.10. The molecular weight excluding hydrogens is 140 g/mol. The number of rotatable bonds is 2. The Balaban J connectivity index is 2.65. The molecule has 5 heteroatoms. The summed E-state index contributed by atoms with van der Waals surface area (Å²) in [6.45, 7) is -0.316. The molecule has 1 unspecified atom stereocenters. The summed E-state index contributed by atoms with van der Waals surface area (Å²) in [7, 11) is 0. The Morgan fingerprint density at radius 3 is 3.00 bits per heavy atom. The molecule has 0 saturated heterocycles. The Hall–Kier alpha value is -0.520. The van der Waals surface area contributed by atoms with Crippen LogP contribution in [0.4, 0.5) is 0 Å². The highest BCUT2D eigenvalue weighted by molar-refractivity contribution is 7.08. The lowest BCUT2D eigenvalue weighted by Gasteiger charge is -1.97. The van der Waals surface area contributed by atoms with Crippen molar-refractivity contribution in [1.82, 2.24) is 10.2 Å². The van der Waals surface area contributed by atoms with E-state index in [2.05, 4.69) is 15.7 Å². The van der Waals surface area contributed by atoms with Gasteiger partial charge in [0, 0.05) is 0 Å². The molecule has 4 nitrogen and oxygen atoms in total. The topological polar surface area (TPSA) is 66.2 Å². The fraction of sp³-hybridized carbons (Fsp3) is 0.500. The van der Waals surface area contributed by atoms with Crippen LogP contribution in [0.15, 0.2) is 0 Å². The van der Waals surface area contributed by atoms with E-state index in [-0.39, 0.29) is 6.61 Å². The van der Waals surface area contributed by atoms with E-state index in [1.54, 1.807) is 0 Å². The molecule has 1 rings (SSSR count). The predicted molar refractivity (Wildman–Crippen MR) is 30.8 cm³/mol. The minimum Gasteiger partial charge on any atom is -0.393 e. The van der Waals surface area contributed by atoms with Gasteiger partial charge in [-0.3, -0.25) is 0 Å². The molecule has 0 fully saturated rings. The van der Waals surface area contributed by atoms with E-state index in [1.807, 2.05) is 0 Å². The molecule has 9 heavy (non-hydrogen) atoms. The summed E-state index contributed by atoms with van der Waals surface area (Å²) in [5.41, 5.74) is 2.45. The summed E-state index contributed by atoms with van der Waals surface area (Å²) in [4.78, 5) is 0. The third kappa shape index (κ3) is 1.44. The molecule has 0 aliphatic carbocycles. The van der Waals surface area contributed by atoms with Crippen LogP contribution < -0.4 is 0 Å². The van der Waals surface area contributed by atoms with Crippen molar-refractivity contribution in [1.29, 1.82) is 0 Å². The Morgan fingerprint density at radius 1 is 1.78 bits per heavy atom. The first kappa shape index (κ1) is 6.60. The highest BCUT2D eigenvalue weighted by Gasteiger charge is 2.07. The first-order valence-electron chi connectivity index (χ1n) is 2.33. The summed E-state index contributed by atoms with van der Waals surface area (Å²) in [5, 5.41) is 24.5. The molecule has 0 aliphatic rings. The average Bonchev–Trinajstić information content (AvgIpc) is 2.37. The van der Waals surface area contributed by atoms with Gasteiger partial charge >= 0.3 is 0 Å². The van der Waals surface area contributed by atoms with Gasteiger partial charge in [-0.1, -0.05) is 11.3 Å². The summed E-state index contributed by atoms with van der Waals surface area (Å²) in [6.07, 6.45) is -0.895. The van der Waals surface area contributed by atoms with Crippen LogP contribution in [0.2, 0.25) is 0 Å². The zero-order valence-corrected chi connectivity index (χ0v) is 5.30. The third-order valence-electron chi connectivity index (χ3n) is 0.798. The second-order valence-electron chi connectivity index (χ2n) is 1.43. The molecule has 2 N–H and O–H groups in total. The lowest BCUT2D eigenvalue weighted by molar-refractivity contribution is 0.0948. The van der Waals surface area contributed by atoms with E-state index in [9.17, 15) is 0 Å². The van der Waals surface area contributed by atoms with Gasteiger partial charge in [-0.05, 0) is 0 Å². The van der Waals surface area contributed by atoms with Crippen LogP contribution in [0.1, 0.15) is 11.1 Å². The molecular formula is C4H5N2O2S. The van der Waals surface area contributed by atoms with E-state index < -0.39 is 6.10 Å². The quantitative estimate of drug-likeness (QED) is 0.581. The molecule has 0 bridgehead atoms. The smallest absolute Gasteiger partial charge is 0.178 e. The van der Waals surface area contributed by atoms with E-state index in [1.165, 1.54) is 0 Å². The molecule has 1 aromatic heterocycles. The molecule has 0 saturated carbocycles. The van der Waals surface area contributed by atoms with E-state index in [0.717, 1.165) is 11.3 Å². The summed E-state index contributed by atoms with van der Waals surface area (Å²) in [5.74, 6) is 0. The Morgan fingerprint density at radius 2 is 2.56 bits per heavy atom. The molecule has 0 aliphatic heterocycles. The molecule has 0 spiro atoms. The first-order valence-corrected chi connectivity index (χ1v) is 3.14. The van der Waals surface area contributed by atoms with Crippen LogP contribution in [0, 0.1) is 5.51 Å². The van der Waals surface area contributed by atoms with Crippen LogP contribution in [0.25, 0.3) is 0 Å². The second-order valence-corrected chi connectivity index (χ2v) is 2.23. The van der Waals surface area contributed by atoms with Crippen molar-refractivity contribution in [3.8, 4) is 0 Å². The zero-order valence-electron chi connectivity index (χ0n) is 4.48. The number of nitrogens with zero attached hydrogens (tertiary/aromatic N) is 2. The van der Waals surface area contributed by atoms with Gasteiger partial charge in [0.15, 0.2) is 5.51 Å². The molecule has 1 radical (unpaired) electrons. The minimum atomic E-state index is -0.895. The van der Waals surface area contributed by atoms with Crippen LogP contribution in [0.5, 0.6) is 0 Å². The van der Waals surface area contributed by atoms with Crippen molar-refractivity contribution >= 4 is 11.3 Å². The molecule has 1 aromatic rings. The van der Waals surface area contributed by atoms with E-state index >= 15 is 0 Å². The lowest BCUT2D eigenvalue weighted by atomic mass is 10.4. The first-order chi connectivity index (χ1) is 4.34. The van der Waals surface area contributed by atoms with Crippen molar-refractivity contribution < 1.29 is 10.2 Å². The van der Waals surface area contributed by atoms with Crippen molar-refractivity contribution in [2.45, 2.75) is 6.10 Å². The zero-order chi connectivity index (χ0) is 6.69. The van der Waals surface area contributed by atoms with Gasteiger partial charge in [0.25, 0.3) is 0 Å². The highest BCUT2D eigenvalue weighted by Crippen LogP contribution is 2.11. The van der Waals surface area contributed by atoms with Gasteiger partial charge in [0.1, 0.15) is 11.1 Å². The molecule has 0 amide bonds. The standard InChI is InChI=1S/C4H5N2O2S/c7-1-3(8)4-6-5-2-9-4/h3,7-8H,1H2. The fourth-order valence-corrected chi connectivity index (χ4v) is 0.837. The largest absolute Gasteiger partial charge is 0.393 e. The van der Waals surface area contributed by atoms with Gasteiger partial charge in [0.2, 0.25) is 0 Å². The molecule has 1 heterocycles. The molecule has 49 valence electrons. The van der Waals surface area contributed by atoms with Crippen molar-refractivity contribution in [3.63, 3.8) is 0 Å². The van der Waals surface area contributed by atoms with Gasteiger partial charge in [-0.25, -0.2) is 0 Å². The Labute approximate surface area is 55.8 Å². The maximum Gasteiger partial charge on any atom is 0.178 e. The van der Waals surface area contributed by atoms with Gasteiger partial charge in [-0.15, -0.1) is 10.2 Å². The summed E-state index contributed by atoms with van der Waals surface area (Å²) in [6, 6.07) is 0. The monoisotopic (exact) mass is 145 g/mol. The predicted octanol–water partition coefficient (Wildman–Crippen LogP) is -0.636. The van der Waals surface area contributed by atoms with Crippen molar-refractivity contribution in [3.05, 3.63) is 10.5 Å². The van der Waals surface area contributed by atoms with Crippen LogP contribution >= 0.6 is 11.3 Å². The molecule has 0 aromatic carbocycles. The minimum absolute atomic E-state index is 0.316. The van der Waals surface area contributed by atoms with E-state index in [0.29, 0.717) is 5.01 Å². The summed E-state index contributed by atoms with van der Waals surface area (Å²) >= 11 is 1.10. The second kappa shape index (κ2) is 2.86. The summed E-state index contributed by atoms with van der Waals surface area (Å²) < 4.78 is 0. The van der Waals surface area contributed by atoms with Gasteiger partial charge in [-0.2, -0.15) is 0 Å². The van der Waals surface area contributed by atoms with Crippen molar-refractivity contribution in [2.24, 2.45) is 0 Å². The normalized spacial score (nSPS) is 13.6. The van der Waals surface area contributed by atoms with Crippen LogP contribution in [-0.2, 0) is 0 Å². The number of aromatic nitrogens is 2. The number of aliphatic hydroxyl groups excluding tert-OH is 2. The maximum absolute atomic E-state index is 8.86. The average molecular weight is 145 g/mol. The van der Waals surface area contributed by atoms with Crippen LogP contribution in [0.3, 0.4) is 0 Å². The van der Waals surface area contributed by atoms with E-state index in [4.69, 9.17) is 10.2 Å².